The highest BCUT2D eigenvalue weighted by Gasteiger charge is 2.14. The number of carbonyl (C=O) groups excluding carboxylic acids is 2. The Balaban J connectivity index is 1.72. The number of anilines is 1. The lowest BCUT2D eigenvalue weighted by Gasteiger charge is -2.17. The van der Waals surface area contributed by atoms with E-state index in [1.807, 2.05) is 43.3 Å². The largest absolute Gasteiger partial charge is 0.507 e. The molecule has 0 saturated heterocycles. The molecule has 31 heavy (non-hydrogen) atoms. The van der Waals surface area contributed by atoms with E-state index in [0.717, 1.165) is 22.4 Å². The van der Waals surface area contributed by atoms with E-state index in [1.54, 1.807) is 43.5 Å². The summed E-state index contributed by atoms with van der Waals surface area (Å²) in [6.07, 6.45) is 2.79. The highest BCUT2D eigenvalue weighted by atomic mass is 16.5. The second kappa shape index (κ2) is 9.89. The number of nitrogens with zero attached hydrogens (tertiary/aromatic N) is 2. The molecule has 2 aromatic carbocycles. The van der Waals surface area contributed by atoms with E-state index in [-0.39, 0.29) is 29.4 Å². The molecule has 6 heteroatoms. The second-order valence-corrected chi connectivity index (χ2v) is 7.18. The van der Waals surface area contributed by atoms with Gasteiger partial charge in [0.2, 0.25) is 11.8 Å². The zero-order valence-corrected chi connectivity index (χ0v) is 18.0. The highest BCUT2D eigenvalue weighted by Crippen LogP contribution is 2.29. The number of methoxy groups -OCH3 is 1. The molecule has 0 spiro atoms. The average Bonchev–Trinajstić information content (AvgIpc) is 2.81. The van der Waals surface area contributed by atoms with Crippen molar-refractivity contribution in [2.45, 2.75) is 26.2 Å². The Labute approximate surface area is 182 Å². The van der Waals surface area contributed by atoms with Crippen molar-refractivity contribution in [2.75, 3.05) is 19.1 Å². The SMILES string of the molecule is CCC(=O)N(C)c1ccc(-c2ccc(C(=O)CCc3cccnc3OC)c(O)c2)cc1. The Morgan fingerprint density at radius 2 is 1.77 bits per heavy atom. The maximum atomic E-state index is 12.6. The third-order valence-electron chi connectivity index (χ3n) is 5.23. The fourth-order valence-electron chi connectivity index (χ4n) is 3.39. The van der Waals surface area contributed by atoms with Crippen LogP contribution in [-0.4, -0.2) is 35.9 Å². The first-order chi connectivity index (χ1) is 14.9. The number of rotatable bonds is 8. The number of ketones is 1. The van der Waals surface area contributed by atoms with Crippen LogP contribution in [0.4, 0.5) is 5.69 Å². The van der Waals surface area contributed by atoms with E-state index in [9.17, 15) is 14.7 Å². The molecule has 0 aliphatic carbocycles. The molecule has 0 aliphatic heterocycles. The van der Waals surface area contributed by atoms with Crippen LogP contribution in [0, 0.1) is 0 Å². The Bertz CT molecular complexity index is 1080. The molecule has 0 saturated carbocycles. The normalized spacial score (nSPS) is 10.5. The average molecular weight is 418 g/mol. The summed E-state index contributed by atoms with van der Waals surface area (Å²) < 4.78 is 5.22. The maximum absolute atomic E-state index is 12.6. The zero-order valence-electron chi connectivity index (χ0n) is 18.0. The van der Waals surface area contributed by atoms with Crippen LogP contribution in [0.25, 0.3) is 11.1 Å². The molecule has 0 bridgehead atoms. The van der Waals surface area contributed by atoms with Gasteiger partial charge in [0.05, 0.1) is 12.7 Å². The van der Waals surface area contributed by atoms with E-state index in [2.05, 4.69) is 4.98 Å². The van der Waals surface area contributed by atoms with Gasteiger partial charge in [0.15, 0.2) is 5.78 Å². The topological polar surface area (TPSA) is 79.7 Å². The lowest BCUT2D eigenvalue weighted by atomic mass is 9.98. The van der Waals surface area contributed by atoms with Crippen molar-refractivity contribution in [1.82, 2.24) is 4.98 Å². The van der Waals surface area contributed by atoms with Gasteiger partial charge in [0.25, 0.3) is 0 Å². The molecule has 1 N–H and O–H groups in total. The molecule has 0 aliphatic rings. The smallest absolute Gasteiger partial charge is 0.226 e. The predicted octanol–water partition coefficient (Wildman–Crippen LogP) is 4.65. The number of phenols is 1. The van der Waals surface area contributed by atoms with E-state index >= 15 is 0 Å². The van der Waals surface area contributed by atoms with E-state index in [1.165, 1.54) is 0 Å². The number of pyridine rings is 1. The standard InChI is InChI=1S/C25H26N2O4/c1-4-24(30)27(2)20-11-7-17(8-12-20)19-9-13-21(23(29)16-19)22(28)14-10-18-6-5-15-26-25(18)31-3/h5-9,11-13,15-16,29H,4,10,14H2,1-3H3. The first-order valence-electron chi connectivity index (χ1n) is 10.2. The van der Waals surface area contributed by atoms with Gasteiger partial charge >= 0.3 is 0 Å². The summed E-state index contributed by atoms with van der Waals surface area (Å²) in [5.74, 6) is 0.342. The highest BCUT2D eigenvalue weighted by molar-refractivity contribution is 5.99. The van der Waals surface area contributed by atoms with E-state index in [0.29, 0.717) is 18.7 Å². The summed E-state index contributed by atoms with van der Waals surface area (Å²) >= 11 is 0. The summed E-state index contributed by atoms with van der Waals surface area (Å²) in [5, 5.41) is 10.5. The lowest BCUT2D eigenvalue weighted by molar-refractivity contribution is -0.118. The minimum absolute atomic E-state index is 0.0390. The Hall–Kier alpha value is -3.67. The molecule has 1 heterocycles. The van der Waals surface area contributed by atoms with Gasteiger partial charge in [-0.2, -0.15) is 0 Å². The molecule has 0 unspecified atom stereocenters. The number of hydrogen-bond donors (Lipinski definition) is 1. The van der Waals surface area contributed by atoms with Crippen molar-refractivity contribution < 1.29 is 19.4 Å². The summed E-state index contributed by atoms with van der Waals surface area (Å²) in [6.45, 7) is 1.83. The van der Waals surface area contributed by atoms with Crippen LogP contribution >= 0.6 is 0 Å². The number of benzene rings is 2. The lowest BCUT2D eigenvalue weighted by Crippen LogP contribution is -2.24. The Morgan fingerprint density at radius 3 is 2.42 bits per heavy atom. The number of Topliss-reactive ketones (excluding diaryl/α,β-unsaturated/α-hetero) is 1. The predicted molar refractivity (Wildman–Crippen MR) is 121 cm³/mol. The summed E-state index contributed by atoms with van der Waals surface area (Å²) in [7, 11) is 3.29. The number of aromatic hydroxyl groups is 1. The molecule has 3 aromatic rings. The number of phenolic OH excluding ortho intramolecular Hbond substituents is 1. The zero-order chi connectivity index (χ0) is 22.4. The third kappa shape index (κ3) is 5.09. The fourth-order valence-corrected chi connectivity index (χ4v) is 3.39. The van der Waals surface area contributed by atoms with Crippen molar-refractivity contribution in [3.8, 4) is 22.8 Å². The van der Waals surface area contributed by atoms with Crippen LogP contribution < -0.4 is 9.64 Å². The van der Waals surface area contributed by atoms with Gasteiger partial charge < -0.3 is 14.7 Å². The van der Waals surface area contributed by atoms with Crippen LogP contribution in [0.2, 0.25) is 0 Å². The van der Waals surface area contributed by atoms with Crippen LogP contribution in [-0.2, 0) is 11.2 Å². The molecule has 3 rings (SSSR count). The third-order valence-corrected chi connectivity index (χ3v) is 5.23. The molecular weight excluding hydrogens is 392 g/mol. The number of hydrogen-bond acceptors (Lipinski definition) is 5. The van der Waals surface area contributed by atoms with Crippen LogP contribution in [0.15, 0.2) is 60.8 Å². The summed E-state index contributed by atoms with van der Waals surface area (Å²) in [6, 6.07) is 16.2. The quantitative estimate of drug-likeness (QED) is 0.539. The van der Waals surface area contributed by atoms with Crippen molar-refractivity contribution in [1.29, 1.82) is 0 Å². The Kier molecular flexibility index (Phi) is 7.03. The molecular formula is C25H26N2O4. The molecule has 1 amide bonds. The number of carbonyl (C=O) groups is 2. The number of aryl methyl sites for hydroxylation is 1. The molecule has 160 valence electrons. The molecule has 0 fully saturated rings. The van der Waals surface area contributed by atoms with Gasteiger partial charge in [0.1, 0.15) is 5.75 Å². The van der Waals surface area contributed by atoms with E-state index in [4.69, 9.17) is 4.74 Å². The van der Waals surface area contributed by atoms with Crippen molar-refractivity contribution in [3.05, 3.63) is 71.9 Å². The van der Waals surface area contributed by atoms with Crippen LogP contribution in [0.1, 0.15) is 35.7 Å². The van der Waals surface area contributed by atoms with Crippen molar-refractivity contribution in [2.24, 2.45) is 0 Å². The van der Waals surface area contributed by atoms with Gasteiger partial charge in [-0.05, 0) is 47.9 Å². The monoisotopic (exact) mass is 418 g/mol. The summed E-state index contributed by atoms with van der Waals surface area (Å²) in [5.41, 5.74) is 3.62. The first-order valence-corrected chi connectivity index (χ1v) is 10.2. The molecule has 0 atom stereocenters. The number of ether oxygens (including phenoxy) is 1. The van der Waals surface area contributed by atoms with Crippen LogP contribution in [0.3, 0.4) is 0 Å². The minimum atomic E-state index is -0.148. The van der Waals surface area contributed by atoms with Gasteiger partial charge in [-0.25, -0.2) is 4.98 Å². The van der Waals surface area contributed by atoms with Crippen molar-refractivity contribution >= 4 is 17.4 Å². The summed E-state index contributed by atoms with van der Waals surface area (Å²) in [4.78, 5) is 30.2. The van der Waals surface area contributed by atoms with E-state index < -0.39 is 0 Å². The Morgan fingerprint density at radius 1 is 1.06 bits per heavy atom. The second-order valence-electron chi connectivity index (χ2n) is 7.18. The minimum Gasteiger partial charge on any atom is -0.507 e. The molecule has 1 aromatic heterocycles. The molecule has 0 radical (unpaired) electrons. The number of aromatic nitrogens is 1. The molecule has 6 nitrogen and oxygen atoms in total. The fraction of sp³-hybridized carbons (Fsp3) is 0.240. The number of amides is 1. The van der Waals surface area contributed by atoms with Gasteiger partial charge in [-0.3, -0.25) is 9.59 Å². The van der Waals surface area contributed by atoms with Gasteiger partial charge in [-0.1, -0.05) is 31.2 Å². The van der Waals surface area contributed by atoms with Crippen molar-refractivity contribution in [3.63, 3.8) is 0 Å². The van der Waals surface area contributed by atoms with Crippen LogP contribution in [0.5, 0.6) is 11.6 Å². The van der Waals surface area contributed by atoms with Gasteiger partial charge in [0, 0.05) is 37.3 Å². The maximum Gasteiger partial charge on any atom is 0.226 e. The van der Waals surface area contributed by atoms with Gasteiger partial charge in [-0.15, -0.1) is 0 Å². The first kappa shape index (κ1) is 22.0.